The minimum absolute atomic E-state index is 0.275. The van der Waals surface area contributed by atoms with Crippen molar-refractivity contribution >= 4 is 0 Å². The van der Waals surface area contributed by atoms with Crippen LogP contribution in [-0.4, -0.2) is 86.6 Å². The standard InChI is InChI=1S/C12H25N3O2/c1-14-5-6-17-11(7-14)8-15(2)10-12(16)3-4-13-9-12/h11,13,16H,3-10H2,1-2H3. The third-order valence-electron chi connectivity index (χ3n) is 3.64. The molecule has 2 heterocycles. The van der Waals surface area contributed by atoms with Crippen LogP contribution in [0.1, 0.15) is 6.42 Å². The highest BCUT2D eigenvalue weighted by atomic mass is 16.5. The molecule has 2 N–H and O–H groups in total. The fourth-order valence-corrected chi connectivity index (χ4v) is 2.76. The summed E-state index contributed by atoms with van der Waals surface area (Å²) >= 11 is 0. The van der Waals surface area contributed by atoms with Gasteiger partial charge in [0.05, 0.1) is 18.3 Å². The maximum atomic E-state index is 10.3. The van der Waals surface area contributed by atoms with Gasteiger partial charge >= 0.3 is 0 Å². The predicted molar refractivity (Wildman–Crippen MR) is 67.2 cm³/mol. The van der Waals surface area contributed by atoms with Crippen LogP contribution in [-0.2, 0) is 4.74 Å². The molecule has 2 unspecified atom stereocenters. The van der Waals surface area contributed by atoms with E-state index < -0.39 is 5.60 Å². The quantitative estimate of drug-likeness (QED) is 0.661. The minimum atomic E-state index is -0.546. The van der Waals surface area contributed by atoms with Gasteiger partial charge in [0.15, 0.2) is 0 Å². The summed E-state index contributed by atoms with van der Waals surface area (Å²) < 4.78 is 5.74. The molecule has 17 heavy (non-hydrogen) atoms. The molecule has 0 aromatic carbocycles. The van der Waals surface area contributed by atoms with Gasteiger partial charge in [0.1, 0.15) is 0 Å². The molecule has 0 aromatic rings. The predicted octanol–water partition coefficient (Wildman–Crippen LogP) is -1.03. The summed E-state index contributed by atoms with van der Waals surface area (Å²) in [6.45, 7) is 6.09. The Hall–Kier alpha value is -0.200. The Kier molecular flexibility index (Phi) is 4.38. The maximum Gasteiger partial charge on any atom is 0.0909 e. The van der Waals surface area contributed by atoms with Crippen LogP contribution in [0.5, 0.6) is 0 Å². The maximum absolute atomic E-state index is 10.3. The first kappa shape index (κ1) is 13.2. The zero-order valence-electron chi connectivity index (χ0n) is 11.0. The molecule has 2 saturated heterocycles. The Labute approximate surface area is 104 Å². The van der Waals surface area contributed by atoms with Crippen molar-refractivity contribution in [3.8, 4) is 0 Å². The van der Waals surface area contributed by atoms with Gasteiger partial charge in [0, 0.05) is 32.7 Å². The number of morpholine rings is 1. The second-order valence-corrected chi connectivity index (χ2v) is 5.60. The van der Waals surface area contributed by atoms with Crippen molar-refractivity contribution in [2.24, 2.45) is 0 Å². The fraction of sp³-hybridized carbons (Fsp3) is 1.00. The van der Waals surface area contributed by atoms with Crippen molar-refractivity contribution < 1.29 is 9.84 Å². The number of β-amino-alcohol motifs (C(OH)–C–C–N with tert-alkyl or cyclic N) is 1. The molecule has 5 heteroatoms. The van der Waals surface area contributed by atoms with E-state index >= 15 is 0 Å². The monoisotopic (exact) mass is 243 g/mol. The Morgan fingerprint density at radius 1 is 1.59 bits per heavy atom. The molecule has 0 saturated carbocycles. The van der Waals surface area contributed by atoms with Crippen molar-refractivity contribution in [1.29, 1.82) is 0 Å². The van der Waals surface area contributed by atoms with Crippen LogP contribution in [0.25, 0.3) is 0 Å². The number of hydrogen-bond donors (Lipinski definition) is 2. The number of rotatable bonds is 4. The number of aliphatic hydroxyl groups is 1. The molecule has 2 aliphatic rings. The lowest BCUT2D eigenvalue weighted by molar-refractivity contribution is -0.0446. The number of nitrogens with one attached hydrogen (secondary N) is 1. The van der Waals surface area contributed by atoms with Gasteiger partial charge in [-0.05, 0) is 27.1 Å². The lowest BCUT2D eigenvalue weighted by atomic mass is 10.0. The van der Waals surface area contributed by atoms with Gasteiger partial charge in [0.2, 0.25) is 0 Å². The molecule has 5 nitrogen and oxygen atoms in total. The van der Waals surface area contributed by atoms with Gasteiger partial charge in [-0.3, -0.25) is 0 Å². The van der Waals surface area contributed by atoms with Gasteiger partial charge in [-0.2, -0.15) is 0 Å². The number of nitrogens with zero attached hydrogens (tertiary/aromatic N) is 2. The Bertz CT molecular complexity index is 244. The van der Waals surface area contributed by atoms with E-state index in [0.29, 0.717) is 6.54 Å². The smallest absolute Gasteiger partial charge is 0.0909 e. The summed E-state index contributed by atoms with van der Waals surface area (Å²) in [5.74, 6) is 0. The molecule has 0 amide bonds. The highest BCUT2D eigenvalue weighted by molar-refractivity contribution is 4.90. The third-order valence-corrected chi connectivity index (χ3v) is 3.64. The summed E-state index contributed by atoms with van der Waals surface area (Å²) in [7, 11) is 4.19. The van der Waals surface area contributed by atoms with Crippen LogP contribution in [0.4, 0.5) is 0 Å². The summed E-state index contributed by atoms with van der Waals surface area (Å²) in [4.78, 5) is 4.49. The molecule has 100 valence electrons. The second-order valence-electron chi connectivity index (χ2n) is 5.60. The van der Waals surface area contributed by atoms with E-state index in [2.05, 4.69) is 29.2 Å². The molecule has 0 spiro atoms. The van der Waals surface area contributed by atoms with Crippen molar-refractivity contribution in [3.63, 3.8) is 0 Å². The highest BCUT2D eigenvalue weighted by Crippen LogP contribution is 2.16. The Balaban J connectivity index is 1.74. The van der Waals surface area contributed by atoms with Crippen LogP contribution in [0.15, 0.2) is 0 Å². The molecular weight excluding hydrogens is 218 g/mol. The molecule has 2 fully saturated rings. The molecule has 0 bridgehead atoms. The van der Waals surface area contributed by atoms with Crippen molar-refractivity contribution in [2.75, 3.05) is 60.0 Å². The largest absolute Gasteiger partial charge is 0.387 e. The Morgan fingerprint density at radius 3 is 3.06 bits per heavy atom. The fourth-order valence-electron chi connectivity index (χ4n) is 2.76. The van der Waals surface area contributed by atoms with Gasteiger partial charge in [0.25, 0.3) is 0 Å². The van der Waals surface area contributed by atoms with E-state index in [1.807, 2.05) is 0 Å². The first-order valence-electron chi connectivity index (χ1n) is 6.49. The molecule has 0 aromatic heterocycles. The van der Waals surface area contributed by atoms with Crippen LogP contribution >= 0.6 is 0 Å². The Morgan fingerprint density at radius 2 is 2.41 bits per heavy atom. The van der Waals surface area contributed by atoms with Gasteiger partial charge < -0.3 is 25.0 Å². The zero-order valence-corrected chi connectivity index (χ0v) is 11.0. The van der Waals surface area contributed by atoms with E-state index in [1.54, 1.807) is 0 Å². The summed E-state index contributed by atoms with van der Waals surface area (Å²) in [5.41, 5.74) is -0.546. The molecule has 0 radical (unpaired) electrons. The summed E-state index contributed by atoms with van der Waals surface area (Å²) in [6.07, 6.45) is 1.12. The zero-order chi connectivity index (χ0) is 12.3. The minimum Gasteiger partial charge on any atom is -0.387 e. The summed E-state index contributed by atoms with van der Waals surface area (Å²) in [5, 5.41) is 13.5. The van der Waals surface area contributed by atoms with E-state index in [-0.39, 0.29) is 6.10 Å². The first-order chi connectivity index (χ1) is 8.07. The average Bonchev–Trinajstić information content (AvgIpc) is 2.64. The van der Waals surface area contributed by atoms with Crippen LogP contribution in [0.3, 0.4) is 0 Å². The van der Waals surface area contributed by atoms with E-state index in [4.69, 9.17) is 4.74 Å². The molecule has 2 atom stereocenters. The van der Waals surface area contributed by atoms with Crippen molar-refractivity contribution in [3.05, 3.63) is 0 Å². The lowest BCUT2D eigenvalue weighted by Crippen LogP contribution is -2.49. The molecule has 0 aliphatic carbocycles. The van der Waals surface area contributed by atoms with Gasteiger partial charge in [-0.1, -0.05) is 0 Å². The van der Waals surface area contributed by atoms with Crippen LogP contribution in [0.2, 0.25) is 0 Å². The van der Waals surface area contributed by atoms with E-state index in [0.717, 1.165) is 45.8 Å². The molecular formula is C12H25N3O2. The normalized spacial score (nSPS) is 35.6. The lowest BCUT2D eigenvalue weighted by Gasteiger charge is -2.34. The van der Waals surface area contributed by atoms with Crippen LogP contribution < -0.4 is 5.32 Å². The third kappa shape index (κ3) is 3.89. The van der Waals surface area contributed by atoms with E-state index in [1.165, 1.54) is 0 Å². The summed E-state index contributed by atoms with van der Waals surface area (Å²) in [6, 6.07) is 0. The van der Waals surface area contributed by atoms with Gasteiger partial charge in [-0.15, -0.1) is 0 Å². The van der Waals surface area contributed by atoms with Crippen molar-refractivity contribution in [2.45, 2.75) is 18.1 Å². The van der Waals surface area contributed by atoms with Gasteiger partial charge in [-0.25, -0.2) is 0 Å². The second kappa shape index (κ2) is 5.63. The molecule has 2 rings (SSSR count). The highest BCUT2D eigenvalue weighted by Gasteiger charge is 2.32. The number of ether oxygens (including phenoxy) is 1. The average molecular weight is 243 g/mol. The topological polar surface area (TPSA) is 48.0 Å². The van der Waals surface area contributed by atoms with Crippen molar-refractivity contribution in [1.82, 2.24) is 15.1 Å². The van der Waals surface area contributed by atoms with E-state index in [9.17, 15) is 5.11 Å². The SMILES string of the molecule is CN1CCOC(CN(C)CC2(O)CCNC2)C1. The first-order valence-corrected chi connectivity index (χ1v) is 6.49. The molecule has 2 aliphatic heterocycles. The number of likely N-dealkylation sites (N-methyl/N-ethyl adjacent to an activating group) is 2. The number of hydrogen-bond acceptors (Lipinski definition) is 5. The van der Waals surface area contributed by atoms with Crippen LogP contribution in [0, 0.1) is 0 Å².